The number of carbonyl (C=O) groups excluding carboxylic acids is 1. The Labute approximate surface area is 128 Å². The van der Waals surface area contributed by atoms with Crippen molar-refractivity contribution in [3.63, 3.8) is 0 Å². The summed E-state index contributed by atoms with van der Waals surface area (Å²) < 4.78 is 27.4. The van der Waals surface area contributed by atoms with Crippen molar-refractivity contribution in [2.75, 3.05) is 6.54 Å². The van der Waals surface area contributed by atoms with Crippen LogP contribution in [0.15, 0.2) is 18.2 Å². The average molecular weight is 309 g/mol. The molecule has 0 heterocycles. The summed E-state index contributed by atoms with van der Waals surface area (Å²) in [5.41, 5.74) is -0.805. The lowest BCUT2D eigenvalue weighted by Crippen LogP contribution is -2.44. The van der Waals surface area contributed by atoms with E-state index < -0.39 is 23.2 Å². The van der Waals surface area contributed by atoms with Gasteiger partial charge in [0.25, 0.3) is 0 Å². The van der Waals surface area contributed by atoms with Gasteiger partial charge in [-0.1, -0.05) is 25.3 Å². The number of rotatable bonds is 4. The highest BCUT2D eigenvalue weighted by atomic mass is 19.1. The van der Waals surface area contributed by atoms with Crippen LogP contribution in [0.2, 0.25) is 0 Å². The summed E-state index contributed by atoms with van der Waals surface area (Å²) in [6.07, 6.45) is 4.92. The van der Waals surface area contributed by atoms with Gasteiger partial charge < -0.3 is 10.4 Å². The van der Waals surface area contributed by atoms with E-state index in [0.717, 1.165) is 19.3 Å². The monoisotopic (exact) mass is 309 g/mol. The molecule has 2 saturated carbocycles. The van der Waals surface area contributed by atoms with E-state index in [-0.39, 0.29) is 23.9 Å². The molecule has 2 unspecified atom stereocenters. The predicted octanol–water partition coefficient (Wildman–Crippen LogP) is 2.88. The Morgan fingerprint density at radius 2 is 1.86 bits per heavy atom. The Kier molecular flexibility index (Phi) is 4.17. The second-order valence-corrected chi connectivity index (χ2v) is 6.59. The third kappa shape index (κ3) is 3.14. The van der Waals surface area contributed by atoms with Crippen LogP contribution in [0.1, 0.15) is 50.0 Å². The molecular weight excluding hydrogens is 288 g/mol. The first-order chi connectivity index (χ1) is 10.5. The molecule has 2 N–H and O–H groups in total. The summed E-state index contributed by atoms with van der Waals surface area (Å²) in [6.45, 7) is 0.231. The van der Waals surface area contributed by atoms with E-state index in [2.05, 4.69) is 5.32 Å². The Hall–Kier alpha value is -1.49. The fraction of sp³-hybridized carbons (Fsp3) is 0.588. The SMILES string of the molecule is O=C(NCC1(O)CCCCC1)C1CC1c1c(F)cccc1F. The topological polar surface area (TPSA) is 49.3 Å². The van der Waals surface area contributed by atoms with Crippen LogP contribution in [-0.4, -0.2) is 23.2 Å². The van der Waals surface area contributed by atoms with Crippen molar-refractivity contribution in [3.8, 4) is 0 Å². The molecule has 2 aliphatic rings. The highest BCUT2D eigenvalue weighted by Crippen LogP contribution is 2.49. The highest BCUT2D eigenvalue weighted by molar-refractivity contribution is 5.83. The molecule has 5 heteroatoms. The van der Waals surface area contributed by atoms with Crippen molar-refractivity contribution in [2.24, 2.45) is 5.92 Å². The first-order valence-electron chi connectivity index (χ1n) is 7.94. The number of benzene rings is 1. The van der Waals surface area contributed by atoms with Crippen molar-refractivity contribution >= 4 is 5.91 Å². The zero-order chi connectivity index (χ0) is 15.7. The molecule has 2 atom stereocenters. The van der Waals surface area contributed by atoms with E-state index in [0.29, 0.717) is 19.3 Å². The Bertz CT molecular complexity index is 550. The fourth-order valence-corrected chi connectivity index (χ4v) is 3.44. The molecule has 2 aliphatic carbocycles. The zero-order valence-corrected chi connectivity index (χ0v) is 12.4. The zero-order valence-electron chi connectivity index (χ0n) is 12.4. The number of hydrogen-bond donors (Lipinski definition) is 2. The van der Waals surface area contributed by atoms with Gasteiger partial charge in [-0.15, -0.1) is 0 Å². The van der Waals surface area contributed by atoms with Gasteiger partial charge in [0.2, 0.25) is 5.91 Å². The molecule has 0 bridgehead atoms. The van der Waals surface area contributed by atoms with Crippen LogP contribution in [0.25, 0.3) is 0 Å². The third-order valence-electron chi connectivity index (χ3n) is 4.87. The minimum absolute atomic E-state index is 0.0130. The van der Waals surface area contributed by atoms with E-state index in [1.807, 2.05) is 0 Å². The fourth-order valence-electron chi connectivity index (χ4n) is 3.44. The van der Waals surface area contributed by atoms with Gasteiger partial charge in [0.05, 0.1) is 5.60 Å². The average Bonchev–Trinajstić information content (AvgIpc) is 3.26. The van der Waals surface area contributed by atoms with Crippen LogP contribution in [0.4, 0.5) is 8.78 Å². The number of carbonyl (C=O) groups is 1. The van der Waals surface area contributed by atoms with Crippen molar-refractivity contribution in [3.05, 3.63) is 35.4 Å². The molecule has 0 aliphatic heterocycles. The maximum atomic E-state index is 13.7. The van der Waals surface area contributed by atoms with Gasteiger partial charge in [-0.25, -0.2) is 8.78 Å². The summed E-state index contributed by atoms with van der Waals surface area (Å²) >= 11 is 0. The molecule has 3 nitrogen and oxygen atoms in total. The number of nitrogens with one attached hydrogen (secondary N) is 1. The van der Waals surface area contributed by atoms with Crippen molar-refractivity contribution in [2.45, 2.75) is 50.0 Å². The summed E-state index contributed by atoms with van der Waals surface area (Å²) in [7, 11) is 0. The molecule has 22 heavy (non-hydrogen) atoms. The molecule has 1 aromatic rings. The van der Waals surface area contributed by atoms with Crippen LogP contribution < -0.4 is 5.32 Å². The van der Waals surface area contributed by atoms with Gasteiger partial charge in [0, 0.05) is 23.9 Å². The van der Waals surface area contributed by atoms with Gasteiger partial charge in [-0.3, -0.25) is 4.79 Å². The van der Waals surface area contributed by atoms with Gasteiger partial charge in [-0.05, 0) is 31.4 Å². The summed E-state index contributed by atoms with van der Waals surface area (Å²) in [4.78, 5) is 12.1. The smallest absolute Gasteiger partial charge is 0.223 e. The van der Waals surface area contributed by atoms with Crippen LogP contribution in [0, 0.1) is 17.6 Å². The maximum Gasteiger partial charge on any atom is 0.223 e. The molecule has 2 fully saturated rings. The number of amides is 1. The second-order valence-electron chi connectivity index (χ2n) is 6.59. The molecule has 1 amide bonds. The maximum absolute atomic E-state index is 13.7. The summed E-state index contributed by atoms with van der Waals surface area (Å²) in [6, 6.07) is 3.76. The van der Waals surface area contributed by atoms with Crippen molar-refractivity contribution < 1.29 is 18.7 Å². The number of aliphatic hydroxyl groups is 1. The molecule has 1 aromatic carbocycles. The molecular formula is C17H21F2NO2. The standard InChI is InChI=1S/C17H21F2NO2/c18-13-5-4-6-14(19)15(13)11-9-12(11)16(21)20-10-17(22)7-2-1-3-8-17/h4-6,11-12,22H,1-3,7-10H2,(H,20,21). The van der Waals surface area contributed by atoms with Gasteiger partial charge in [-0.2, -0.15) is 0 Å². The lowest BCUT2D eigenvalue weighted by atomic mass is 9.85. The quantitative estimate of drug-likeness (QED) is 0.898. The molecule has 0 spiro atoms. The normalized spacial score (nSPS) is 26.5. The molecule has 3 rings (SSSR count). The van der Waals surface area contributed by atoms with Gasteiger partial charge in [0.15, 0.2) is 0 Å². The molecule has 120 valence electrons. The van der Waals surface area contributed by atoms with E-state index >= 15 is 0 Å². The number of hydrogen-bond acceptors (Lipinski definition) is 2. The van der Waals surface area contributed by atoms with E-state index in [1.165, 1.54) is 18.2 Å². The Balaban J connectivity index is 1.57. The van der Waals surface area contributed by atoms with E-state index in [1.54, 1.807) is 0 Å². The molecule has 0 radical (unpaired) electrons. The molecule has 0 aromatic heterocycles. The lowest BCUT2D eigenvalue weighted by molar-refractivity contribution is -0.124. The third-order valence-corrected chi connectivity index (χ3v) is 4.87. The highest BCUT2D eigenvalue weighted by Gasteiger charge is 2.47. The Morgan fingerprint density at radius 3 is 2.50 bits per heavy atom. The van der Waals surface area contributed by atoms with Crippen LogP contribution in [-0.2, 0) is 4.79 Å². The Morgan fingerprint density at radius 1 is 1.23 bits per heavy atom. The lowest BCUT2D eigenvalue weighted by Gasteiger charge is -2.32. The van der Waals surface area contributed by atoms with Crippen LogP contribution in [0.5, 0.6) is 0 Å². The number of halogens is 2. The second kappa shape index (κ2) is 5.95. The van der Waals surface area contributed by atoms with Crippen LogP contribution in [0.3, 0.4) is 0 Å². The van der Waals surface area contributed by atoms with Gasteiger partial charge >= 0.3 is 0 Å². The minimum Gasteiger partial charge on any atom is -0.388 e. The van der Waals surface area contributed by atoms with Crippen LogP contribution >= 0.6 is 0 Å². The predicted molar refractivity (Wildman–Crippen MR) is 78.3 cm³/mol. The summed E-state index contributed by atoms with van der Waals surface area (Å²) in [5, 5.41) is 13.1. The first kappa shape index (κ1) is 15.4. The van der Waals surface area contributed by atoms with E-state index in [4.69, 9.17) is 0 Å². The van der Waals surface area contributed by atoms with Crippen molar-refractivity contribution in [1.82, 2.24) is 5.32 Å². The first-order valence-corrected chi connectivity index (χ1v) is 7.94. The minimum atomic E-state index is -0.818. The summed E-state index contributed by atoms with van der Waals surface area (Å²) in [5.74, 6) is -2.18. The van der Waals surface area contributed by atoms with Gasteiger partial charge in [0.1, 0.15) is 11.6 Å². The van der Waals surface area contributed by atoms with Crippen molar-refractivity contribution in [1.29, 1.82) is 0 Å². The van der Waals surface area contributed by atoms with E-state index in [9.17, 15) is 18.7 Å². The largest absolute Gasteiger partial charge is 0.388 e. The molecule has 0 saturated heterocycles.